The highest BCUT2D eigenvalue weighted by molar-refractivity contribution is 6.30. The van der Waals surface area contributed by atoms with Gasteiger partial charge in [0, 0.05) is 43.0 Å². The Kier molecular flexibility index (Phi) is 7.10. The second-order valence-corrected chi connectivity index (χ2v) is 9.11. The van der Waals surface area contributed by atoms with Gasteiger partial charge in [0.25, 0.3) is 0 Å². The Labute approximate surface area is 194 Å². The van der Waals surface area contributed by atoms with Crippen LogP contribution in [-0.4, -0.2) is 42.1 Å². The standard InChI is InChI=1S/C25H30ClN5O/c1-31(2)24-21-5-3-4-6-22(21)29-25(30-24)28-20-14-12-19(13-15-20)27-23(32)16-9-17-7-10-18(26)11-8-17/h3-8,10-11,19-20H,9,12-16H2,1-2H3,(H,27,32)(H,28,29,30). The van der Waals surface area contributed by atoms with Gasteiger partial charge in [0.1, 0.15) is 5.82 Å². The summed E-state index contributed by atoms with van der Waals surface area (Å²) in [4.78, 5) is 23.8. The van der Waals surface area contributed by atoms with Crippen LogP contribution in [0.15, 0.2) is 48.5 Å². The minimum absolute atomic E-state index is 0.116. The van der Waals surface area contributed by atoms with Crippen molar-refractivity contribution in [1.29, 1.82) is 0 Å². The summed E-state index contributed by atoms with van der Waals surface area (Å²) in [5.74, 6) is 1.70. The average molecular weight is 452 g/mol. The van der Waals surface area contributed by atoms with Crippen LogP contribution in [0.5, 0.6) is 0 Å². The number of fused-ring (bicyclic) bond motifs is 1. The van der Waals surface area contributed by atoms with E-state index in [1.54, 1.807) is 0 Å². The number of hydrogen-bond acceptors (Lipinski definition) is 5. The Hall–Kier alpha value is -2.86. The lowest BCUT2D eigenvalue weighted by Gasteiger charge is -2.30. The fraction of sp³-hybridized carbons (Fsp3) is 0.400. The molecule has 1 saturated carbocycles. The maximum Gasteiger partial charge on any atom is 0.225 e. The normalized spacial score (nSPS) is 18.3. The first-order valence-corrected chi connectivity index (χ1v) is 11.6. The summed E-state index contributed by atoms with van der Waals surface area (Å²) in [6.07, 6.45) is 5.10. The number of hydrogen-bond donors (Lipinski definition) is 2. The molecule has 0 spiro atoms. The number of aromatic nitrogens is 2. The number of benzene rings is 2. The van der Waals surface area contributed by atoms with Gasteiger partial charge in [0.2, 0.25) is 11.9 Å². The number of para-hydroxylation sites is 1. The molecule has 3 aromatic rings. The van der Waals surface area contributed by atoms with Crippen LogP contribution in [0, 0.1) is 0 Å². The van der Waals surface area contributed by atoms with Gasteiger partial charge in [-0.2, -0.15) is 4.98 Å². The third kappa shape index (κ3) is 5.68. The van der Waals surface area contributed by atoms with E-state index in [4.69, 9.17) is 21.6 Å². The Balaban J connectivity index is 1.27. The molecule has 1 aliphatic carbocycles. The predicted octanol–water partition coefficient (Wildman–Crippen LogP) is 4.82. The highest BCUT2D eigenvalue weighted by atomic mass is 35.5. The van der Waals surface area contributed by atoms with Crippen molar-refractivity contribution in [3.8, 4) is 0 Å². The van der Waals surface area contributed by atoms with E-state index in [-0.39, 0.29) is 11.9 Å². The Morgan fingerprint density at radius 1 is 1.00 bits per heavy atom. The lowest BCUT2D eigenvalue weighted by Crippen LogP contribution is -2.40. The van der Waals surface area contributed by atoms with Crippen LogP contribution in [0.1, 0.15) is 37.7 Å². The first kappa shape index (κ1) is 22.3. The van der Waals surface area contributed by atoms with Gasteiger partial charge >= 0.3 is 0 Å². The van der Waals surface area contributed by atoms with E-state index < -0.39 is 0 Å². The van der Waals surface area contributed by atoms with E-state index in [1.165, 1.54) is 0 Å². The number of amides is 1. The summed E-state index contributed by atoms with van der Waals surface area (Å²) in [5.41, 5.74) is 2.07. The molecule has 0 bridgehead atoms. The van der Waals surface area contributed by atoms with Crippen molar-refractivity contribution in [2.45, 2.75) is 50.6 Å². The first-order chi connectivity index (χ1) is 15.5. The van der Waals surface area contributed by atoms with Gasteiger partial charge in [-0.3, -0.25) is 4.79 Å². The number of aryl methyl sites for hydroxylation is 1. The molecule has 1 amide bonds. The molecule has 32 heavy (non-hydrogen) atoms. The molecular weight excluding hydrogens is 422 g/mol. The van der Waals surface area contributed by atoms with Crippen LogP contribution in [0.25, 0.3) is 10.9 Å². The zero-order chi connectivity index (χ0) is 22.5. The average Bonchev–Trinajstić information content (AvgIpc) is 2.79. The lowest BCUT2D eigenvalue weighted by molar-refractivity contribution is -0.122. The number of nitrogens with zero attached hydrogens (tertiary/aromatic N) is 3. The number of nitrogens with one attached hydrogen (secondary N) is 2. The fourth-order valence-corrected chi connectivity index (χ4v) is 4.36. The predicted molar refractivity (Wildman–Crippen MR) is 131 cm³/mol. The molecule has 0 unspecified atom stereocenters. The smallest absolute Gasteiger partial charge is 0.225 e. The minimum atomic E-state index is 0.116. The molecule has 7 heteroatoms. The van der Waals surface area contributed by atoms with E-state index in [0.29, 0.717) is 18.4 Å². The number of rotatable bonds is 7. The molecule has 4 rings (SSSR count). The van der Waals surface area contributed by atoms with Crippen molar-refractivity contribution in [3.05, 3.63) is 59.1 Å². The number of halogens is 1. The van der Waals surface area contributed by atoms with E-state index in [0.717, 1.165) is 59.4 Å². The molecule has 2 N–H and O–H groups in total. The Bertz CT molecular complexity index is 1060. The summed E-state index contributed by atoms with van der Waals surface area (Å²) < 4.78 is 0. The molecular formula is C25H30ClN5O. The molecule has 1 fully saturated rings. The van der Waals surface area contributed by atoms with Crippen molar-refractivity contribution >= 4 is 40.2 Å². The van der Waals surface area contributed by atoms with Gasteiger partial charge in [-0.05, 0) is 61.9 Å². The highest BCUT2D eigenvalue weighted by Crippen LogP contribution is 2.26. The molecule has 168 valence electrons. The summed E-state index contributed by atoms with van der Waals surface area (Å²) >= 11 is 5.92. The maximum absolute atomic E-state index is 12.4. The zero-order valence-corrected chi connectivity index (χ0v) is 19.4. The number of carbonyl (C=O) groups excluding carboxylic acids is 1. The molecule has 1 heterocycles. The summed E-state index contributed by atoms with van der Waals surface area (Å²) in [6.45, 7) is 0. The molecule has 2 aromatic carbocycles. The van der Waals surface area contributed by atoms with Gasteiger partial charge in [-0.25, -0.2) is 4.98 Å². The molecule has 6 nitrogen and oxygen atoms in total. The van der Waals surface area contributed by atoms with E-state index >= 15 is 0 Å². The SMILES string of the molecule is CN(C)c1nc(NC2CCC(NC(=O)CCc3ccc(Cl)cc3)CC2)nc2ccccc12. The van der Waals surface area contributed by atoms with Crippen LogP contribution < -0.4 is 15.5 Å². The maximum atomic E-state index is 12.4. The third-order valence-corrected chi connectivity index (χ3v) is 6.24. The van der Waals surface area contributed by atoms with Crippen LogP contribution in [0.3, 0.4) is 0 Å². The number of carbonyl (C=O) groups is 1. The highest BCUT2D eigenvalue weighted by Gasteiger charge is 2.23. The molecule has 0 atom stereocenters. The van der Waals surface area contributed by atoms with E-state index in [1.807, 2.05) is 61.5 Å². The third-order valence-electron chi connectivity index (χ3n) is 5.99. The molecule has 1 aliphatic rings. The van der Waals surface area contributed by atoms with Crippen molar-refractivity contribution in [3.63, 3.8) is 0 Å². The van der Waals surface area contributed by atoms with Crippen LogP contribution in [0.4, 0.5) is 11.8 Å². The summed E-state index contributed by atoms with van der Waals surface area (Å²) in [7, 11) is 4.00. The van der Waals surface area contributed by atoms with Crippen LogP contribution in [0.2, 0.25) is 5.02 Å². The summed E-state index contributed by atoms with van der Waals surface area (Å²) in [6, 6.07) is 16.3. The van der Waals surface area contributed by atoms with Crippen LogP contribution in [-0.2, 0) is 11.2 Å². The molecule has 0 radical (unpaired) electrons. The first-order valence-electron chi connectivity index (χ1n) is 11.2. The number of anilines is 2. The topological polar surface area (TPSA) is 70.2 Å². The fourth-order valence-electron chi connectivity index (χ4n) is 4.24. The monoisotopic (exact) mass is 451 g/mol. The van der Waals surface area contributed by atoms with Crippen molar-refractivity contribution in [1.82, 2.24) is 15.3 Å². The molecule has 0 saturated heterocycles. The second kappa shape index (κ2) is 10.2. The van der Waals surface area contributed by atoms with Crippen LogP contribution >= 0.6 is 11.6 Å². The van der Waals surface area contributed by atoms with Crippen molar-refractivity contribution in [2.75, 3.05) is 24.3 Å². The summed E-state index contributed by atoms with van der Waals surface area (Å²) in [5, 5.41) is 8.49. The van der Waals surface area contributed by atoms with E-state index in [9.17, 15) is 4.79 Å². The lowest BCUT2D eigenvalue weighted by atomic mass is 9.91. The van der Waals surface area contributed by atoms with Crippen molar-refractivity contribution < 1.29 is 4.79 Å². The van der Waals surface area contributed by atoms with Crippen molar-refractivity contribution in [2.24, 2.45) is 0 Å². The van der Waals surface area contributed by atoms with Gasteiger partial charge in [0.05, 0.1) is 5.52 Å². The van der Waals surface area contributed by atoms with Gasteiger partial charge in [0.15, 0.2) is 0 Å². The quantitative estimate of drug-likeness (QED) is 0.538. The van der Waals surface area contributed by atoms with Gasteiger partial charge in [-0.1, -0.05) is 35.9 Å². The second-order valence-electron chi connectivity index (χ2n) is 8.67. The van der Waals surface area contributed by atoms with Gasteiger partial charge in [-0.15, -0.1) is 0 Å². The zero-order valence-electron chi connectivity index (χ0n) is 18.6. The van der Waals surface area contributed by atoms with E-state index in [2.05, 4.69) is 16.7 Å². The largest absolute Gasteiger partial charge is 0.362 e. The minimum Gasteiger partial charge on any atom is -0.362 e. The Morgan fingerprint density at radius 3 is 2.41 bits per heavy atom. The molecule has 1 aromatic heterocycles. The van der Waals surface area contributed by atoms with Gasteiger partial charge < -0.3 is 15.5 Å². The Morgan fingerprint density at radius 2 is 1.69 bits per heavy atom. The molecule has 0 aliphatic heterocycles.